The van der Waals surface area contributed by atoms with Crippen molar-refractivity contribution in [3.05, 3.63) is 52.1 Å². The standard InChI is InChI=1S/C17H20N2O4/c1-9-6-7-12(8-18-9)15-13(16(20)22-4)10(2)19-11(3)14(15)17(21)23-5/h6-8,15,19H,1-5H3. The zero-order valence-corrected chi connectivity index (χ0v) is 13.9. The van der Waals surface area contributed by atoms with Crippen LogP contribution in [0.3, 0.4) is 0 Å². The Bertz CT molecular complexity index is 664. The number of hydrogen-bond acceptors (Lipinski definition) is 6. The van der Waals surface area contributed by atoms with E-state index in [2.05, 4.69) is 10.3 Å². The van der Waals surface area contributed by atoms with Crippen LogP contribution in [0, 0.1) is 6.92 Å². The van der Waals surface area contributed by atoms with Gasteiger partial charge in [-0.15, -0.1) is 0 Å². The van der Waals surface area contributed by atoms with Crippen molar-refractivity contribution in [3.8, 4) is 0 Å². The van der Waals surface area contributed by atoms with Gasteiger partial charge in [0.1, 0.15) is 0 Å². The molecule has 0 saturated heterocycles. The zero-order chi connectivity index (χ0) is 17.1. The second-order valence-electron chi connectivity index (χ2n) is 5.35. The van der Waals surface area contributed by atoms with E-state index in [1.54, 1.807) is 20.0 Å². The van der Waals surface area contributed by atoms with E-state index in [-0.39, 0.29) is 0 Å². The molecule has 2 rings (SSSR count). The third-order valence-corrected chi connectivity index (χ3v) is 3.84. The lowest BCUT2D eigenvalue weighted by Gasteiger charge is -2.29. The molecule has 6 heteroatoms. The Hall–Kier alpha value is -2.63. The van der Waals surface area contributed by atoms with Crippen molar-refractivity contribution in [2.24, 2.45) is 0 Å². The largest absolute Gasteiger partial charge is 0.466 e. The predicted molar refractivity (Wildman–Crippen MR) is 84.3 cm³/mol. The number of hydrogen-bond donors (Lipinski definition) is 1. The highest BCUT2D eigenvalue weighted by atomic mass is 16.5. The smallest absolute Gasteiger partial charge is 0.336 e. The van der Waals surface area contributed by atoms with Crippen molar-refractivity contribution in [1.29, 1.82) is 0 Å². The summed E-state index contributed by atoms with van der Waals surface area (Å²) in [6, 6.07) is 3.69. The summed E-state index contributed by atoms with van der Waals surface area (Å²) in [6.45, 7) is 5.42. The number of nitrogens with zero attached hydrogens (tertiary/aromatic N) is 1. The quantitative estimate of drug-likeness (QED) is 0.859. The Labute approximate surface area is 135 Å². The van der Waals surface area contributed by atoms with Gasteiger partial charge >= 0.3 is 11.9 Å². The molecule has 23 heavy (non-hydrogen) atoms. The Morgan fingerprint density at radius 2 is 1.52 bits per heavy atom. The molecule has 1 aliphatic heterocycles. The number of carbonyl (C=O) groups excluding carboxylic acids is 2. The van der Waals surface area contributed by atoms with Gasteiger partial charge in [-0.1, -0.05) is 6.07 Å². The van der Waals surface area contributed by atoms with Gasteiger partial charge in [-0.05, 0) is 32.4 Å². The van der Waals surface area contributed by atoms with E-state index in [0.717, 1.165) is 11.3 Å². The average molecular weight is 316 g/mol. The fraction of sp³-hybridized carbons (Fsp3) is 0.353. The van der Waals surface area contributed by atoms with Gasteiger partial charge in [0.2, 0.25) is 0 Å². The third kappa shape index (κ3) is 3.11. The number of methoxy groups -OCH3 is 2. The maximum Gasteiger partial charge on any atom is 0.336 e. The summed E-state index contributed by atoms with van der Waals surface area (Å²) in [5.41, 5.74) is 3.63. The fourth-order valence-corrected chi connectivity index (χ4v) is 2.74. The number of carbonyl (C=O) groups is 2. The van der Waals surface area contributed by atoms with Crippen molar-refractivity contribution in [2.75, 3.05) is 14.2 Å². The Balaban J connectivity index is 2.66. The molecule has 0 radical (unpaired) electrons. The van der Waals surface area contributed by atoms with Gasteiger partial charge in [0.05, 0.1) is 31.3 Å². The van der Waals surface area contributed by atoms with Crippen molar-refractivity contribution >= 4 is 11.9 Å². The summed E-state index contributed by atoms with van der Waals surface area (Å²) in [5, 5.41) is 3.06. The van der Waals surface area contributed by atoms with Crippen LogP contribution in [0.15, 0.2) is 40.9 Å². The molecule has 1 N–H and O–H groups in total. The number of dihydropyridines is 1. The molecule has 122 valence electrons. The van der Waals surface area contributed by atoms with Crippen LogP contribution in [0.25, 0.3) is 0 Å². The first-order chi connectivity index (χ1) is 10.9. The minimum Gasteiger partial charge on any atom is -0.466 e. The molecule has 6 nitrogen and oxygen atoms in total. The lowest BCUT2D eigenvalue weighted by molar-refractivity contribution is -0.137. The summed E-state index contributed by atoms with van der Waals surface area (Å²) in [4.78, 5) is 28.8. The minimum atomic E-state index is -0.579. The van der Waals surface area contributed by atoms with Crippen LogP contribution in [-0.2, 0) is 19.1 Å². The van der Waals surface area contributed by atoms with E-state index >= 15 is 0 Å². The predicted octanol–water partition coefficient (Wildman–Crippen LogP) is 1.97. The molecule has 1 aliphatic rings. The number of allylic oxidation sites excluding steroid dienone is 2. The SMILES string of the molecule is COC(=O)C1=C(C)NC(C)=C(C(=O)OC)C1c1ccc(C)nc1. The number of rotatable bonds is 3. The number of aromatic nitrogens is 1. The van der Waals surface area contributed by atoms with Gasteiger partial charge in [-0.25, -0.2) is 9.59 Å². The second-order valence-corrected chi connectivity index (χ2v) is 5.35. The lowest BCUT2D eigenvalue weighted by atomic mass is 9.81. The number of aryl methyl sites for hydroxylation is 1. The number of pyridine rings is 1. The maximum absolute atomic E-state index is 12.3. The van der Waals surface area contributed by atoms with Crippen LogP contribution in [0.1, 0.15) is 31.0 Å². The summed E-state index contributed by atoms with van der Waals surface area (Å²) in [7, 11) is 2.63. The summed E-state index contributed by atoms with van der Waals surface area (Å²) in [6.07, 6.45) is 1.66. The fourth-order valence-electron chi connectivity index (χ4n) is 2.74. The van der Waals surface area contributed by atoms with Crippen LogP contribution >= 0.6 is 0 Å². The highest BCUT2D eigenvalue weighted by Gasteiger charge is 2.37. The summed E-state index contributed by atoms with van der Waals surface area (Å²) >= 11 is 0. The van der Waals surface area contributed by atoms with Crippen LogP contribution in [0.2, 0.25) is 0 Å². The molecule has 0 aliphatic carbocycles. The van der Waals surface area contributed by atoms with E-state index < -0.39 is 17.9 Å². The van der Waals surface area contributed by atoms with E-state index in [0.29, 0.717) is 22.5 Å². The van der Waals surface area contributed by atoms with Crippen molar-refractivity contribution in [1.82, 2.24) is 10.3 Å². The van der Waals surface area contributed by atoms with Crippen LogP contribution in [0.4, 0.5) is 0 Å². The van der Waals surface area contributed by atoms with E-state index in [1.165, 1.54) is 14.2 Å². The van der Waals surface area contributed by atoms with Gasteiger partial charge in [0.15, 0.2) is 0 Å². The van der Waals surface area contributed by atoms with Gasteiger partial charge in [-0.2, -0.15) is 0 Å². The lowest BCUT2D eigenvalue weighted by Crippen LogP contribution is -2.32. The maximum atomic E-state index is 12.3. The third-order valence-electron chi connectivity index (χ3n) is 3.84. The van der Waals surface area contributed by atoms with Gasteiger partial charge in [0, 0.05) is 23.3 Å². The van der Waals surface area contributed by atoms with Crippen molar-refractivity contribution in [3.63, 3.8) is 0 Å². The molecule has 0 unspecified atom stereocenters. The number of ether oxygens (including phenoxy) is 2. The van der Waals surface area contributed by atoms with Crippen LogP contribution in [-0.4, -0.2) is 31.1 Å². The second kappa shape index (κ2) is 6.64. The molecule has 0 atom stereocenters. The van der Waals surface area contributed by atoms with E-state index in [4.69, 9.17) is 9.47 Å². The molecule has 1 aromatic heterocycles. The van der Waals surface area contributed by atoms with Gasteiger partial charge in [-0.3, -0.25) is 4.98 Å². The molecule has 1 aromatic rings. The van der Waals surface area contributed by atoms with E-state index in [9.17, 15) is 9.59 Å². The topological polar surface area (TPSA) is 77.5 Å². The van der Waals surface area contributed by atoms with Crippen LogP contribution < -0.4 is 5.32 Å². The molecule has 0 saturated carbocycles. The average Bonchev–Trinajstić information content (AvgIpc) is 2.53. The first-order valence-electron chi connectivity index (χ1n) is 7.18. The van der Waals surface area contributed by atoms with Crippen LogP contribution in [0.5, 0.6) is 0 Å². The molecular weight excluding hydrogens is 296 g/mol. The summed E-state index contributed by atoms with van der Waals surface area (Å²) < 4.78 is 9.80. The molecule has 2 heterocycles. The van der Waals surface area contributed by atoms with Gasteiger partial charge < -0.3 is 14.8 Å². The molecule has 0 fully saturated rings. The van der Waals surface area contributed by atoms with E-state index in [1.807, 2.05) is 19.1 Å². The normalized spacial score (nSPS) is 15.3. The Morgan fingerprint density at radius 3 is 1.91 bits per heavy atom. The van der Waals surface area contributed by atoms with Crippen molar-refractivity contribution in [2.45, 2.75) is 26.7 Å². The van der Waals surface area contributed by atoms with Gasteiger partial charge in [0.25, 0.3) is 0 Å². The molecule has 0 amide bonds. The monoisotopic (exact) mass is 316 g/mol. The first kappa shape index (κ1) is 16.7. The highest BCUT2D eigenvalue weighted by Crippen LogP contribution is 2.38. The highest BCUT2D eigenvalue weighted by molar-refractivity contribution is 5.99. The summed E-state index contributed by atoms with van der Waals surface area (Å²) in [5.74, 6) is -1.56. The molecular formula is C17H20N2O4. The minimum absolute atomic E-state index is 0.379. The molecule has 0 spiro atoms. The molecule has 0 bridgehead atoms. The van der Waals surface area contributed by atoms with Crippen molar-refractivity contribution < 1.29 is 19.1 Å². The number of esters is 2. The zero-order valence-electron chi connectivity index (χ0n) is 13.9. The Morgan fingerprint density at radius 1 is 1.00 bits per heavy atom. The Kier molecular flexibility index (Phi) is 4.83. The number of nitrogens with one attached hydrogen (secondary N) is 1. The molecule has 0 aromatic carbocycles. The first-order valence-corrected chi connectivity index (χ1v) is 7.18.